The first-order valence-electron chi connectivity index (χ1n) is 11.5. The van der Waals surface area contributed by atoms with Crippen LogP contribution in [0.3, 0.4) is 0 Å². The third-order valence-electron chi connectivity index (χ3n) is 6.76. The van der Waals surface area contributed by atoms with Gasteiger partial charge in [-0.2, -0.15) is 0 Å². The van der Waals surface area contributed by atoms with Gasteiger partial charge in [0.2, 0.25) is 0 Å². The predicted octanol–water partition coefficient (Wildman–Crippen LogP) is 8.42. The van der Waals surface area contributed by atoms with Crippen LogP contribution in [0.1, 0.15) is 0 Å². The molecule has 2 heterocycles. The van der Waals surface area contributed by atoms with Gasteiger partial charge in [0.15, 0.2) is 0 Å². The fourth-order valence-electron chi connectivity index (χ4n) is 5.15. The molecule has 0 saturated heterocycles. The second kappa shape index (κ2) is 7.50. The quantitative estimate of drug-likeness (QED) is 0.256. The van der Waals surface area contributed by atoms with Crippen molar-refractivity contribution in [3.8, 4) is 22.5 Å². The largest absolute Gasteiger partial charge is 0.256 e. The van der Waals surface area contributed by atoms with Crippen LogP contribution in [0.25, 0.3) is 65.6 Å². The maximum Gasteiger partial charge on any atom is 0.0708 e. The molecule has 0 fully saturated rings. The van der Waals surface area contributed by atoms with Crippen molar-refractivity contribution in [2.75, 3.05) is 0 Å². The highest BCUT2D eigenvalue weighted by molar-refractivity contribution is 6.24. The fourth-order valence-corrected chi connectivity index (χ4v) is 5.15. The van der Waals surface area contributed by atoms with Gasteiger partial charge >= 0.3 is 0 Å². The Kier molecular flexibility index (Phi) is 4.18. The van der Waals surface area contributed by atoms with Gasteiger partial charge in [0.25, 0.3) is 0 Å². The molecule has 2 heteroatoms. The lowest BCUT2D eigenvalue weighted by molar-refractivity contribution is 1.33. The molecule has 0 atom stereocenters. The third kappa shape index (κ3) is 2.89. The van der Waals surface area contributed by atoms with Crippen molar-refractivity contribution in [1.29, 1.82) is 0 Å². The minimum atomic E-state index is 0.979. The number of rotatable bonds is 2. The van der Waals surface area contributed by atoms with E-state index in [4.69, 9.17) is 4.98 Å². The summed E-state index contributed by atoms with van der Waals surface area (Å²) in [6.45, 7) is 0. The first-order chi connectivity index (χ1) is 16.9. The van der Waals surface area contributed by atoms with Crippen LogP contribution >= 0.6 is 0 Å². The Labute approximate surface area is 197 Å². The average Bonchev–Trinajstić information content (AvgIpc) is 2.92. The molecule has 7 aromatic rings. The van der Waals surface area contributed by atoms with Gasteiger partial charge in [0.05, 0.1) is 11.4 Å². The zero-order valence-electron chi connectivity index (χ0n) is 18.4. The summed E-state index contributed by atoms with van der Waals surface area (Å²) in [4.78, 5) is 9.29. The second-order valence-electron chi connectivity index (χ2n) is 8.66. The summed E-state index contributed by atoms with van der Waals surface area (Å²) >= 11 is 0. The van der Waals surface area contributed by atoms with Gasteiger partial charge in [-0.3, -0.25) is 9.97 Å². The number of aromatic nitrogens is 2. The predicted molar refractivity (Wildman–Crippen MR) is 143 cm³/mol. The van der Waals surface area contributed by atoms with Crippen molar-refractivity contribution in [3.05, 3.63) is 122 Å². The van der Waals surface area contributed by atoms with E-state index in [1.807, 2.05) is 30.6 Å². The Hall–Kier alpha value is -4.56. The molecule has 0 bridgehead atoms. The van der Waals surface area contributed by atoms with Gasteiger partial charge < -0.3 is 0 Å². The molecular formula is C32H20N2. The number of pyridine rings is 2. The number of nitrogens with zero attached hydrogens (tertiary/aromatic N) is 2. The Morgan fingerprint density at radius 3 is 1.79 bits per heavy atom. The van der Waals surface area contributed by atoms with Crippen molar-refractivity contribution in [1.82, 2.24) is 9.97 Å². The van der Waals surface area contributed by atoms with E-state index < -0.39 is 0 Å². The monoisotopic (exact) mass is 432 g/mol. The van der Waals surface area contributed by atoms with Crippen LogP contribution in [0.15, 0.2) is 122 Å². The lowest BCUT2D eigenvalue weighted by atomic mass is 9.90. The summed E-state index contributed by atoms with van der Waals surface area (Å²) < 4.78 is 0. The summed E-state index contributed by atoms with van der Waals surface area (Å²) in [5.41, 5.74) is 4.23. The van der Waals surface area contributed by atoms with E-state index in [9.17, 15) is 0 Å². The van der Waals surface area contributed by atoms with Gasteiger partial charge in [-0.05, 0) is 79.5 Å². The maximum absolute atomic E-state index is 4.70. The van der Waals surface area contributed by atoms with Crippen LogP contribution < -0.4 is 0 Å². The Bertz CT molecular complexity index is 1840. The molecule has 0 aliphatic rings. The van der Waals surface area contributed by atoms with E-state index in [-0.39, 0.29) is 0 Å². The van der Waals surface area contributed by atoms with E-state index in [1.165, 1.54) is 43.1 Å². The number of fused-ring (bicyclic) bond motifs is 7. The molecule has 0 radical (unpaired) electrons. The number of hydrogen-bond acceptors (Lipinski definition) is 2. The Balaban J connectivity index is 1.64. The Morgan fingerprint density at radius 1 is 0.382 bits per heavy atom. The van der Waals surface area contributed by atoms with Gasteiger partial charge in [-0.1, -0.05) is 72.8 Å². The van der Waals surface area contributed by atoms with Gasteiger partial charge in [0.1, 0.15) is 0 Å². The molecule has 2 aromatic heterocycles. The highest BCUT2D eigenvalue weighted by Crippen LogP contribution is 2.40. The molecule has 5 aromatic carbocycles. The van der Waals surface area contributed by atoms with Gasteiger partial charge in [-0.25, -0.2) is 0 Å². The van der Waals surface area contributed by atoms with Crippen molar-refractivity contribution >= 4 is 43.1 Å². The summed E-state index contributed by atoms with van der Waals surface area (Å²) in [6, 6.07) is 38.8. The molecule has 0 aliphatic heterocycles. The molecule has 34 heavy (non-hydrogen) atoms. The summed E-state index contributed by atoms with van der Waals surface area (Å²) in [6.07, 6.45) is 3.71. The summed E-state index contributed by atoms with van der Waals surface area (Å²) in [5.74, 6) is 0. The third-order valence-corrected chi connectivity index (χ3v) is 6.76. The lowest BCUT2D eigenvalue weighted by Crippen LogP contribution is -1.90. The highest BCUT2D eigenvalue weighted by Gasteiger charge is 2.14. The van der Waals surface area contributed by atoms with E-state index in [1.54, 1.807) is 0 Å². The molecule has 7 rings (SSSR count). The first kappa shape index (κ1) is 19.0. The lowest BCUT2D eigenvalue weighted by Gasteiger charge is -2.14. The molecule has 0 aliphatic carbocycles. The Morgan fingerprint density at radius 2 is 1.00 bits per heavy atom. The molecule has 0 saturated carbocycles. The molecule has 0 N–H and O–H groups in total. The summed E-state index contributed by atoms with van der Waals surface area (Å²) in [7, 11) is 0. The van der Waals surface area contributed by atoms with Crippen LogP contribution in [-0.4, -0.2) is 9.97 Å². The molecule has 0 unspecified atom stereocenters. The van der Waals surface area contributed by atoms with Gasteiger partial charge in [-0.15, -0.1) is 0 Å². The molecule has 0 amide bonds. The number of hydrogen-bond donors (Lipinski definition) is 0. The average molecular weight is 433 g/mol. The summed E-state index contributed by atoms with van der Waals surface area (Å²) in [5, 5.41) is 9.99. The van der Waals surface area contributed by atoms with Crippen LogP contribution in [0, 0.1) is 0 Å². The van der Waals surface area contributed by atoms with Crippen LogP contribution in [-0.2, 0) is 0 Å². The first-order valence-corrected chi connectivity index (χ1v) is 11.5. The van der Waals surface area contributed by atoms with Crippen molar-refractivity contribution in [2.24, 2.45) is 0 Å². The second-order valence-corrected chi connectivity index (χ2v) is 8.66. The minimum absolute atomic E-state index is 0.979. The van der Waals surface area contributed by atoms with Crippen molar-refractivity contribution in [3.63, 3.8) is 0 Å². The van der Waals surface area contributed by atoms with E-state index in [0.29, 0.717) is 0 Å². The smallest absolute Gasteiger partial charge is 0.0708 e. The zero-order chi connectivity index (χ0) is 22.5. The minimum Gasteiger partial charge on any atom is -0.256 e. The van der Waals surface area contributed by atoms with Crippen LogP contribution in [0.4, 0.5) is 0 Å². The highest BCUT2D eigenvalue weighted by atomic mass is 14.7. The molecular weight excluding hydrogens is 412 g/mol. The topological polar surface area (TPSA) is 25.8 Å². The van der Waals surface area contributed by atoms with Gasteiger partial charge in [0, 0.05) is 23.5 Å². The van der Waals surface area contributed by atoms with E-state index >= 15 is 0 Å². The van der Waals surface area contributed by atoms with Crippen LogP contribution in [0.2, 0.25) is 0 Å². The zero-order valence-corrected chi connectivity index (χ0v) is 18.4. The van der Waals surface area contributed by atoms with Crippen molar-refractivity contribution in [2.45, 2.75) is 0 Å². The van der Waals surface area contributed by atoms with E-state index in [0.717, 1.165) is 22.5 Å². The normalized spacial score (nSPS) is 11.5. The van der Waals surface area contributed by atoms with E-state index in [2.05, 4.69) is 96.0 Å². The molecule has 2 nitrogen and oxygen atoms in total. The fraction of sp³-hybridized carbons (Fsp3) is 0. The molecule has 0 spiro atoms. The SMILES string of the molecule is c1ccc(-c2ccc3c(-c4ccccn4)cc4c(ccc5c6ccccc6ccc54)c3c2)nc1. The van der Waals surface area contributed by atoms with Crippen molar-refractivity contribution < 1.29 is 0 Å². The maximum atomic E-state index is 4.70. The van der Waals surface area contributed by atoms with Crippen LogP contribution in [0.5, 0.6) is 0 Å². The standard InChI is InChI=1S/C32H20N2/c1-2-8-23-21(7-1)11-13-25-24(23)15-16-26-28-19-22(31-9-3-5-17-33-31)12-14-27(28)30(20-29(25)26)32-10-4-6-18-34-32/h1-20H. The molecule has 158 valence electrons. The number of benzene rings is 5.